The molecule has 116 valence electrons. The third-order valence-corrected chi connectivity index (χ3v) is 5.80. The zero-order valence-electron chi connectivity index (χ0n) is 12.5. The van der Waals surface area contributed by atoms with Crippen LogP contribution in [0.4, 0.5) is 0 Å². The van der Waals surface area contributed by atoms with Gasteiger partial charge in [-0.15, -0.1) is 12.4 Å². The Morgan fingerprint density at radius 3 is 2.70 bits per heavy atom. The molecule has 1 heterocycles. The van der Waals surface area contributed by atoms with E-state index < -0.39 is 0 Å². The van der Waals surface area contributed by atoms with Crippen molar-refractivity contribution in [2.24, 2.45) is 17.3 Å². The summed E-state index contributed by atoms with van der Waals surface area (Å²) in [6, 6.07) is 0. The Morgan fingerprint density at radius 2 is 1.90 bits per heavy atom. The number of halogens is 1. The summed E-state index contributed by atoms with van der Waals surface area (Å²) in [5, 5.41) is 6.72. The Labute approximate surface area is 129 Å². The summed E-state index contributed by atoms with van der Waals surface area (Å²) in [4.78, 5) is 12.6. The first kappa shape index (κ1) is 16.1. The molecule has 0 unspecified atom stereocenters. The maximum Gasteiger partial charge on any atom is 0.227 e. The number of hydrogen-bond acceptors (Lipinski definition) is 2. The molecule has 0 aromatic carbocycles. The van der Waals surface area contributed by atoms with Gasteiger partial charge in [0, 0.05) is 13.1 Å². The third kappa shape index (κ3) is 3.14. The van der Waals surface area contributed by atoms with Gasteiger partial charge in [0.2, 0.25) is 5.91 Å². The Hall–Kier alpha value is -0.280. The van der Waals surface area contributed by atoms with Crippen molar-refractivity contribution in [3.63, 3.8) is 0 Å². The molecule has 0 radical (unpaired) electrons. The van der Waals surface area contributed by atoms with Crippen molar-refractivity contribution < 1.29 is 4.79 Å². The molecule has 3 fully saturated rings. The lowest BCUT2D eigenvalue weighted by Gasteiger charge is -2.37. The molecule has 20 heavy (non-hydrogen) atoms. The Bertz CT molecular complexity index is 330. The molecule has 2 N–H and O–H groups in total. The molecule has 0 aromatic rings. The molecule has 2 aliphatic carbocycles. The second-order valence-electron chi connectivity index (χ2n) is 6.92. The average Bonchev–Trinajstić information content (AvgIpc) is 3.08. The molecule has 4 heteroatoms. The quantitative estimate of drug-likeness (QED) is 0.838. The first-order valence-corrected chi connectivity index (χ1v) is 8.30. The van der Waals surface area contributed by atoms with Crippen LogP contribution in [0.2, 0.25) is 0 Å². The molecule has 3 rings (SSSR count). The molecule has 2 atom stereocenters. The van der Waals surface area contributed by atoms with E-state index in [4.69, 9.17) is 0 Å². The van der Waals surface area contributed by atoms with E-state index in [1.165, 1.54) is 51.4 Å². The minimum Gasteiger partial charge on any atom is -0.356 e. The smallest absolute Gasteiger partial charge is 0.227 e. The van der Waals surface area contributed by atoms with Gasteiger partial charge in [-0.1, -0.05) is 38.5 Å². The molecule has 0 bridgehead atoms. The van der Waals surface area contributed by atoms with Crippen LogP contribution < -0.4 is 10.6 Å². The van der Waals surface area contributed by atoms with E-state index in [0.717, 1.165) is 32.0 Å². The molecular formula is C16H29ClN2O. The number of amides is 1. The van der Waals surface area contributed by atoms with Gasteiger partial charge < -0.3 is 10.6 Å². The maximum atomic E-state index is 12.6. The summed E-state index contributed by atoms with van der Waals surface area (Å²) in [6.07, 6.45) is 11.6. The van der Waals surface area contributed by atoms with Crippen LogP contribution in [0.1, 0.15) is 57.8 Å². The van der Waals surface area contributed by atoms with Crippen molar-refractivity contribution >= 4 is 18.3 Å². The van der Waals surface area contributed by atoms with Gasteiger partial charge in [0.25, 0.3) is 0 Å². The van der Waals surface area contributed by atoms with Crippen LogP contribution in [0.15, 0.2) is 0 Å². The standard InChI is InChI=1S/C16H28N2O.ClH/c19-15(18-10-8-13-5-1-2-6-13)16-9-4-3-7-14(16)11-17-12-16;/h13-14,17H,1-12H2,(H,18,19);1H/t14-,16+;/m0./s1. The Morgan fingerprint density at radius 1 is 1.15 bits per heavy atom. The first-order chi connectivity index (χ1) is 9.31. The number of hydrogen-bond donors (Lipinski definition) is 2. The highest BCUT2D eigenvalue weighted by atomic mass is 35.5. The van der Waals surface area contributed by atoms with Crippen molar-refractivity contribution in [3.05, 3.63) is 0 Å². The van der Waals surface area contributed by atoms with E-state index in [-0.39, 0.29) is 17.8 Å². The highest BCUT2D eigenvalue weighted by Crippen LogP contribution is 2.43. The number of carbonyl (C=O) groups excluding carboxylic acids is 1. The van der Waals surface area contributed by atoms with Crippen LogP contribution in [0.3, 0.4) is 0 Å². The van der Waals surface area contributed by atoms with Crippen LogP contribution in [-0.4, -0.2) is 25.5 Å². The van der Waals surface area contributed by atoms with Gasteiger partial charge in [-0.3, -0.25) is 4.79 Å². The highest BCUT2D eigenvalue weighted by molar-refractivity contribution is 5.85. The normalized spacial score (nSPS) is 33.5. The van der Waals surface area contributed by atoms with Gasteiger partial charge in [-0.2, -0.15) is 0 Å². The fourth-order valence-corrected chi connectivity index (χ4v) is 4.56. The van der Waals surface area contributed by atoms with Crippen molar-refractivity contribution in [3.8, 4) is 0 Å². The molecule has 0 aromatic heterocycles. The molecule has 3 nitrogen and oxygen atoms in total. The van der Waals surface area contributed by atoms with Gasteiger partial charge in [-0.05, 0) is 37.6 Å². The Kier molecular flexibility index (Phi) is 5.74. The van der Waals surface area contributed by atoms with Crippen molar-refractivity contribution in [2.45, 2.75) is 57.8 Å². The van der Waals surface area contributed by atoms with Crippen LogP contribution in [0.25, 0.3) is 0 Å². The van der Waals surface area contributed by atoms with Crippen LogP contribution >= 0.6 is 12.4 Å². The van der Waals surface area contributed by atoms with Crippen LogP contribution in [-0.2, 0) is 4.79 Å². The molecular weight excluding hydrogens is 272 g/mol. The first-order valence-electron chi connectivity index (χ1n) is 8.30. The minimum absolute atomic E-state index is 0. The van der Waals surface area contributed by atoms with E-state index in [2.05, 4.69) is 10.6 Å². The van der Waals surface area contributed by atoms with E-state index >= 15 is 0 Å². The fourth-order valence-electron chi connectivity index (χ4n) is 4.56. The lowest BCUT2D eigenvalue weighted by molar-refractivity contribution is -0.134. The maximum absolute atomic E-state index is 12.6. The van der Waals surface area contributed by atoms with Crippen molar-refractivity contribution in [2.75, 3.05) is 19.6 Å². The largest absolute Gasteiger partial charge is 0.356 e. The number of carbonyl (C=O) groups is 1. The number of fused-ring (bicyclic) bond motifs is 1. The summed E-state index contributed by atoms with van der Waals surface area (Å²) in [5.74, 6) is 1.81. The van der Waals surface area contributed by atoms with Gasteiger partial charge in [0.1, 0.15) is 0 Å². The van der Waals surface area contributed by atoms with E-state index in [9.17, 15) is 4.79 Å². The average molecular weight is 301 g/mol. The summed E-state index contributed by atoms with van der Waals surface area (Å²) < 4.78 is 0. The third-order valence-electron chi connectivity index (χ3n) is 5.80. The SMILES string of the molecule is Cl.O=C(NCCC1CCCC1)[C@@]12CCCC[C@H]1CNC2. The van der Waals surface area contributed by atoms with Crippen LogP contribution in [0.5, 0.6) is 0 Å². The second-order valence-corrected chi connectivity index (χ2v) is 6.92. The van der Waals surface area contributed by atoms with Gasteiger partial charge in [-0.25, -0.2) is 0 Å². The van der Waals surface area contributed by atoms with Crippen LogP contribution in [0, 0.1) is 17.3 Å². The molecule has 1 aliphatic heterocycles. The lowest BCUT2D eigenvalue weighted by atomic mass is 9.67. The topological polar surface area (TPSA) is 41.1 Å². The predicted octanol–water partition coefficient (Wildman–Crippen LogP) is 2.88. The zero-order chi connectivity index (χ0) is 13.1. The fraction of sp³-hybridized carbons (Fsp3) is 0.938. The van der Waals surface area contributed by atoms with Gasteiger partial charge in [0.05, 0.1) is 5.41 Å². The van der Waals surface area contributed by atoms with Crippen molar-refractivity contribution in [1.29, 1.82) is 0 Å². The van der Waals surface area contributed by atoms with E-state index in [1.807, 2.05) is 0 Å². The lowest BCUT2D eigenvalue weighted by Crippen LogP contribution is -2.48. The molecule has 3 aliphatic rings. The highest BCUT2D eigenvalue weighted by Gasteiger charge is 2.49. The van der Waals surface area contributed by atoms with Crippen molar-refractivity contribution in [1.82, 2.24) is 10.6 Å². The molecule has 1 saturated heterocycles. The number of nitrogens with one attached hydrogen (secondary N) is 2. The molecule has 0 spiro atoms. The molecule has 2 saturated carbocycles. The monoisotopic (exact) mass is 300 g/mol. The summed E-state index contributed by atoms with van der Waals surface area (Å²) in [7, 11) is 0. The Balaban J connectivity index is 0.00000147. The number of rotatable bonds is 4. The van der Waals surface area contributed by atoms with Gasteiger partial charge in [0.15, 0.2) is 0 Å². The summed E-state index contributed by atoms with van der Waals surface area (Å²) >= 11 is 0. The van der Waals surface area contributed by atoms with Gasteiger partial charge >= 0.3 is 0 Å². The zero-order valence-corrected chi connectivity index (χ0v) is 13.3. The summed E-state index contributed by atoms with van der Waals surface area (Å²) in [6.45, 7) is 2.86. The molecule has 1 amide bonds. The second kappa shape index (κ2) is 7.13. The predicted molar refractivity (Wildman–Crippen MR) is 84.1 cm³/mol. The van der Waals surface area contributed by atoms with E-state index in [0.29, 0.717) is 11.8 Å². The minimum atomic E-state index is -0.0616. The summed E-state index contributed by atoms with van der Waals surface area (Å²) in [5.41, 5.74) is -0.0616. The van der Waals surface area contributed by atoms with E-state index in [1.54, 1.807) is 0 Å².